The lowest BCUT2D eigenvalue weighted by Gasteiger charge is -2.28. The topological polar surface area (TPSA) is 89.7 Å². The van der Waals surface area contributed by atoms with Gasteiger partial charge in [0.2, 0.25) is 0 Å². The Balaban J connectivity index is 1.74. The number of hydrogen-bond acceptors (Lipinski definition) is 6. The fourth-order valence-electron chi connectivity index (χ4n) is 3.03. The molecule has 0 fully saturated rings. The van der Waals surface area contributed by atoms with Crippen LogP contribution in [0.2, 0.25) is 5.02 Å². The second-order valence-corrected chi connectivity index (χ2v) is 7.15. The molecule has 0 spiro atoms. The molecule has 0 aliphatic rings. The summed E-state index contributed by atoms with van der Waals surface area (Å²) >= 11 is 6.06. The van der Waals surface area contributed by atoms with E-state index < -0.39 is 11.9 Å². The molecule has 3 aromatic rings. The number of rotatable bonds is 7. The quantitative estimate of drug-likeness (QED) is 0.543. The van der Waals surface area contributed by atoms with Crippen molar-refractivity contribution >= 4 is 17.5 Å². The summed E-state index contributed by atoms with van der Waals surface area (Å²) in [6, 6.07) is 1.27. The van der Waals surface area contributed by atoms with E-state index in [9.17, 15) is 18.0 Å². The number of pyridine rings is 1. The number of hydrogen-bond donors (Lipinski definition) is 0. The van der Waals surface area contributed by atoms with Gasteiger partial charge in [0.1, 0.15) is 0 Å². The molecule has 3 rings (SSSR count). The van der Waals surface area contributed by atoms with E-state index >= 15 is 0 Å². The molecular weight excluding hydrogens is 435 g/mol. The summed E-state index contributed by atoms with van der Waals surface area (Å²) in [6.07, 6.45) is 2.46. The van der Waals surface area contributed by atoms with Crippen molar-refractivity contribution in [3.8, 4) is 5.82 Å². The first kappa shape index (κ1) is 22.6. The Morgan fingerprint density at radius 1 is 1.16 bits per heavy atom. The van der Waals surface area contributed by atoms with E-state index in [0.717, 1.165) is 6.20 Å². The predicted molar refractivity (Wildman–Crippen MR) is 106 cm³/mol. The van der Waals surface area contributed by atoms with Crippen LogP contribution >= 0.6 is 11.6 Å². The highest BCUT2D eigenvalue weighted by Gasteiger charge is 2.32. The highest BCUT2D eigenvalue weighted by atomic mass is 35.5. The molecule has 1 amide bonds. The summed E-state index contributed by atoms with van der Waals surface area (Å²) in [5.74, 6) is -0.0607. The molecule has 0 saturated heterocycles. The van der Waals surface area contributed by atoms with Gasteiger partial charge in [-0.05, 0) is 32.8 Å². The second-order valence-electron chi connectivity index (χ2n) is 6.71. The van der Waals surface area contributed by atoms with Crippen LogP contribution in [0.25, 0.3) is 5.82 Å². The van der Waals surface area contributed by atoms with E-state index in [1.54, 1.807) is 4.90 Å². The van der Waals surface area contributed by atoms with Crippen LogP contribution in [0.3, 0.4) is 0 Å². The Labute approximate surface area is 181 Å². The summed E-state index contributed by atoms with van der Waals surface area (Å²) < 4.78 is 37.9. The average Bonchev–Trinajstić information content (AvgIpc) is 3.27. The predicted octanol–water partition coefficient (Wildman–Crippen LogP) is 3.61. The van der Waals surface area contributed by atoms with E-state index in [-0.39, 0.29) is 23.3 Å². The zero-order valence-electron chi connectivity index (χ0n) is 16.7. The molecule has 0 bridgehead atoms. The van der Waals surface area contributed by atoms with Crippen LogP contribution in [-0.2, 0) is 12.6 Å². The van der Waals surface area contributed by atoms with Crippen LogP contribution in [0.4, 0.5) is 13.2 Å². The first-order valence-electron chi connectivity index (χ1n) is 9.42. The second kappa shape index (κ2) is 9.38. The minimum absolute atomic E-state index is 0.237. The summed E-state index contributed by atoms with van der Waals surface area (Å²) in [6.45, 7) is 4.08. The van der Waals surface area contributed by atoms with E-state index in [0.29, 0.717) is 36.3 Å². The van der Waals surface area contributed by atoms with Crippen molar-refractivity contribution < 1.29 is 18.0 Å². The van der Waals surface area contributed by atoms with E-state index in [1.165, 1.54) is 29.5 Å². The fourth-order valence-corrected chi connectivity index (χ4v) is 3.18. The minimum Gasteiger partial charge on any atom is -0.336 e. The van der Waals surface area contributed by atoms with Crippen molar-refractivity contribution in [1.82, 2.24) is 34.8 Å². The Morgan fingerprint density at radius 3 is 2.45 bits per heavy atom. The van der Waals surface area contributed by atoms with Crippen LogP contribution in [0, 0.1) is 0 Å². The van der Waals surface area contributed by atoms with E-state index in [1.807, 2.05) is 13.8 Å². The molecule has 3 heterocycles. The molecule has 0 radical (unpaired) electrons. The summed E-state index contributed by atoms with van der Waals surface area (Å²) in [7, 11) is 0. The Hall–Kier alpha value is -3.08. The van der Waals surface area contributed by atoms with Gasteiger partial charge in [-0.15, -0.1) is 4.80 Å². The molecule has 0 aliphatic heterocycles. The number of halogens is 4. The largest absolute Gasteiger partial charge is 0.434 e. The average molecular weight is 454 g/mol. The number of aromatic nitrogens is 6. The van der Waals surface area contributed by atoms with Crippen molar-refractivity contribution in [3.05, 3.63) is 59.0 Å². The molecule has 8 nitrogen and oxygen atoms in total. The molecule has 3 aromatic heterocycles. The van der Waals surface area contributed by atoms with Gasteiger partial charge in [-0.1, -0.05) is 11.6 Å². The third kappa shape index (κ3) is 5.35. The number of carbonyl (C=O) groups is 1. The third-order valence-corrected chi connectivity index (χ3v) is 4.83. The van der Waals surface area contributed by atoms with Crippen LogP contribution in [-0.4, -0.2) is 53.3 Å². The highest BCUT2D eigenvalue weighted by molar-refractivity contribution is 6.30. The summed E-state index contributed by atoms with van der Waals surface area (Å²) in [5.41, 5.74) is -0.385. The molecule has 1 atom stereocenters. The third-order valence-electron chi connectivity index (χ3n) is 4.62. The maximum Gasteiger partial charge on any atom is 0.434 e. The monoisotopic (exact) mass is 453 g/mol. The molecule has 0 N–H and O–H groups in total. The van der Waals surface area contributed by atoms with Gasteiger partial charge in [0.05, 0.1) is 34.9 Å². The van der Waals surface area contributed by atoms with Crippen molar-refractivity contribution in [1.29, 1.82) is 0 Å². The van der Waals surface area contributed by atoms with Crippen molar-refractivity contribution in [2.24, 2.45) is 0 Å². The maximum absolute atomic E-state index is 13.3. The molecule has 0 saturated carbocycles. The zero-order valence-corrected chi connectivity index (χ0v) is 17.5. The van der Waals surface area contributed by atoms with E-state index in [4.69, 9.17) is 11.6 Å². The van der Waals surface area contributed by atoms with Gasteiger partial charge in [0.15, 0.2) is 11.5 Å². The SMILES string of the molecule is CCN(C(=O)c1cc(Cl)cnc1-n1nccn1)[C@@H](C)CCc1cnc(C(F)(F)F)cn1. The molecule has 31 heavy (non-hydrogen) atoms. The van der Waals surface area contributed by atoms with Crippen molar-refractivity contribution in [2.75, 3.05) is 6.54 Å². The Bertz CT molecular complexity index is 1030. The normalized spacial score (nSPS) is 12.6. The molecule has 0 aliphatic carbocycles. The van der Waals surface area contributed by atoms with Gasteiger partial charge in [-0.3, -0.25) is 9.78 Å². The molecule has 164 valence electrons. The number of carbonyl (C=O) groups excluding carboxylic acids is 1. The molecule has 0 aromatic carbocycles. The van der Waals surface area contributed by atoms with Crippen LogP contribution < -0.4 is 0 Å². The molecule has 12 heteroatoms. The minimum atomic E-state index is -4.53. The lowest BCUT2D eigenvalue weighted by molar-refractivity contribution is -0.141. The number of alkyl halides is 3. The van der Waals surface area contributed by atoms with Gasteiger partial charge < -0.3 is 4.90 Å². The number of aryl methyl sites for hydroxylation is 1. The highest BCUT2D eigenvalue weighted by Crippen LogP contribution is 2.26. The van der Waals surface area contributed by atoms with Gasteiger partial charge in [0.25, 0.3) is 5.91 Å². The number of amides is 1. The van der Waals surface area contributed by atoms with Crippen LogP contribution in [0.1, 0.15) is 42.0 Å². The Morgan fingerprint density at radius 2 is 1.87 bits per heavy atom. The summed E-state index contributed by atoms with van der Waals surface area (Å²) in [5, 5.41) is 8.34. The standard InChI is InChI=1S/C19H19ClF3N7O/c1-3-29(12(2)4-5-14-10-25-16(11-24-14)19(21,22)23)18(31)15-8-13(20)9-26-17(15)30-27-6-7-28-30/h6-12H,3-5H2,1-2H3/t12-/m0/s1. The number of nitrogens with zero attached hydrogens (tertiary/aromatic N) is 7. The van der Waals surface area contributed by atoms with Crippen LogP contribution in [0.5, 0.6) is 0 Å². The first-order valence-corrected chi connectivity index (χ1v) is 9.79. The van der Waals surface area contributed by atoms with Crippen molar-refractivity contribution in [3.63, 3.8) is 0 Å². The molecular formula is C19H19ClF3N7O. The summed E-state index contributed by atoms with van der Waals surface area (Å²) in [4.78, 5) is 27.6. The Kier molecular flexibility index (Phi) is 6.84. The smallest absolute Gasteiger partial charge is 0.336 e. The van der Waals surface area contributed by atoms with Gasteiger partial charge in [-0.2, -0.15) is 23.4 Å². The van der Waals surface area contributed by atoms with E-state index in [2.05, 4.69) is 25.1 Å². The van der Waals surface area contributed by atoms with Crippen LogP contribution in [0.15, 0.2) is 37.1 Å². The molecule has 0 unspecified atom stereocenters. The van der Waals surface area contributed by atoms with Crippen molar-refractivity contribution in [2.45, 2.75) is 38.9 Å². The lowest BCUT2D eigenvalue weighted by Crippen LogP contribution is -2.39. The maximum atomic E-state index is 13.3. The first-order chi connectivity index (χ1) is 14.7. The lowest BCUT2D eigenvalue weighted by atomic mass is 10.1. The fraction of sp³-hybridized carbons (Fsp3) is 0.368. The zero-order chi connectivity index (χ0) is 22.6. The van der Waals surface area contributed by atoms with Gasteiger partial charge in [-0.25, -0.2) is 9.97 Å². The van der Waals surface area contributed by atoms with Gasteiger partial charge >= 0.3 is 6.18 Å². The van der Waals surface area contributed by atoms with Gasteiger partial charge in [0, 0.05) is 25.0 Å².